The van der Waals surface area contributed by atoms with Crippen molar-refractivity contribution in [3.8, 4) is 22.5 Å². The molecule has 7 heteroatoms. The van der Waals surface area contributed by atoms with E-state index in [9.17, 15) is 4.39 Å². The van der Waals surface area contributed by atoms with E-state index < -0.39 is 5.82 Å². The van der Waals surface area contributed by atoms with Gasteiger partial charge < -0.3 is 0 Å². The van der Waals surface area contributed by atoms with E-state index in [4.69, 9.17) is 5.26 Å². The van der Waals surface area contributed by atoms with E-state index in [0.29, 0.717) is 10.8 Å². The first-order valence-electron chi connectivity index (χ1n) is 5.32. The van der Waals surface area contributed by atoms with Crippen LogP contribution in [0.5, 0.6) is 0 Å². The quantitative estimate of drug-likeness (QED) is 0.717. The molecule has 0 N–H and O–H groups in total. The molecule has 0 aliphatic heterocycles. The van der Waals surface area contributed by atoms with Gasteiger partial charge >= 0.3 is 0 Å². The molecule has 3 aromatic rings. The average Bonchev–Trinajstić information content (AvgIpc) is 3.07. The number of halogens is 1. The van der Waals surface area contributed by atoms with E-state index in [1.54, 1.807) is 29.8 Å². The lowest BCUT2D eigenvalue weighted by Crippen LogP contribution is -2.00. The number of hydrogen-bond donors (Lipinski definition) is 0. The van der Waals surface area contributed by atoms with Gasteiger partial charge in [-0.3, -0.25) is 0 Å². The van der Waals surface area contributed by atoms with Gasteiger partial charge in [0.1, 0.15) is 17.6 Å². The third kappa shape index (κ3) is 1.88. The van der Waals surface area contributed by atoms with Gasteiger partial charge in [0.05, 0.1) is 0 Å². The zero-order valence-electron chi connectivity index (χ0n) is 9.49. The Morgan fingerprint density at radius 2 is 2.16 bits per heavy atom. The number of hydrogen-bond acceptors (Lipinski definition) is 5. The zero-order valence-corrected chi connectivity index (χ0v) is 10.3. The van der Waals surface area contributed by atoms with Crippen LogP contribution in [0.15, 0.2) is 35.8 Å². The maximum Gasteiger partial charge on any atom is 0.212 e. The lowest BCUT2D eigenvalue weighted by molar-refractivity contribution is 0.629. The third-order valence-corrected chi connectivity index (χ3v) is 3.25. The van der Waals surface area contributed by atoms with Gasteiger partial charge in [-0.05, 0) is 12.1 Å². The number of nitriles is 1. The van der Waals surface area contributed by atoms with Crippen LogP contribution in [0, 0.1) is 17.1 Å². The van der Waals surface area contributed by atoms with Crippen molar-refractivity contribution < 1.29 is 4.39 Å². The SMILES string of the molecule is N#Cc1nnn(-c2nccs2)c1-c1ccccc1F. The average molecular weight is 271 g/mol. The second kappa shape index (κ2) is 4.59. The maximum atomic E-state index is 13.9. The molecule has 0 aliphatic rings. The Bertz CT molecular complexity index is 757. The number of rotatable bonds is 2. The normalized spacial score (nSPS) is 10.3. The molecule has 0 amide bonds. The molecule has 5 nitrogen and oxygen atoms in total. The molecule has 0 fully saturated rings. The van der Waals surface area contributed by atoms with Crippen molar-refractivity contribution >= 4 is 11.3 Å². The minimum Gasteiger partial charge on any atom is -0.227 e. The van der Waals surface area contributed by atoms with Crippen molar-refractivity contribution in [1.29, 1.82) is 5.26 Å². The Labute approximate surface area is 111 Å². The fourth-order valence-corrected chi connectivity index (χ4v) is 2.30. The highest BCUT2D eigenvalue weighted by molar-refractivity contribution is 7.12. The Morgan fingerprint density at radius 1 is 1.32 bits per heavy atom. The van der Waals surface area contributed by atoms with E-state index in [-0.39, 0.29) is 11.3 Å². The molecule has 0 saturated carbocycles. The van der Waals surface area contributed by atoms with Gasteiger partial charge in [0.15, 0.2) is 5.69 Å². The highest BCUT2D eigenvalue weighted by atomic mass is 32.1. The second-order valence-electron chi connectivity index (χ2n) is 3.60. The minimum atomic E-state index is -0.431. The smallest absolute Gasteiger partial charge is 0.212 e. The molecule has 19 heavy (non-hydrogen) atoms. The monoisotopic (exact) mass is 271 g/mol. The summed E-state index contributed by atoms with van der Waals surface area (Å²) in [5, 5.41) is 19.0. The Kier molecular flexibility index (Phi) is 2.78. The summed E-state index contributed by atoms with van der Waals surface area (Å²) < 4.78 is 15.3. The van der Waals surface area contributed by atoms with Crippen LogP contribution in [0.3, 0.4) is 0 Å². The number of nitrogens with zero attached hydrogens (tertiary/aromatic N) is 5. The van der Waals surface area contributed by atoms with Gasteiger partial charge in [-0.15, -0.1) is 16.4 Å². The lowest BCUT2D eigenvalue weighted by atomic mass is 10.1. The Balaban J connectivity index is 2.29. The van der Waals surface area contributed by atoms with Crippen molar-refractivity contribution in [3.05, 3.63) is 47.4 Å². The zero-order chi connectivity index (χ0) is 13.2. The number of thiazole rings is 1. The van der Waals surface area contributed by atoms with Crippen molar-refractivity contribution in [1.82, 2.24) is 20.0 Å². The summed E-state index contributed by atoms with van der Waals surface area (Å²) >= 11 is 1.33. The molecule has 0 unspecified atom stereocenters. The molecule has 3 rings (SSSR count). The predicted octanol–water partition coefficient (Wildman–Crippen LogP) is 2.40. The molecule has 2 heterocycles. The molecule has 0 aliphatic carbocycles. The third-order valence-electron chi connectivity index (χ3n) is 2.51. The topological polar surface area (TPSA) is 67.4 Å². The highest BCUT2D eigenvalue weighted by Gasteiger charge is 2.19. The van der Waals surface area contributed by atoms with Gasteiger partial charge in [0.2, 0.25) is 5.13 Å². The first kappa shape index (κ1) is 11.5. The van der Waals surface area contributed by atoms with E-state index >= 15 is 0 Å². The fraction of sp³-hybridized carbons (Fsp3) is 0. The van der Waals surface area contributed by atoms with Crippen LogP contribution < -0.4 is 0 Å². The van der Waals surface area contributed by atoms with Gasteiger partial charge in [0.25, 0.3) is 0 Å². The summed E-state index contributed by atoms with van der Waals surface area (Å²) in [6.45, 7) is 0. The van der Waals surface area contributed by atoms with E-state index in [1.165, 1.54) is 22.1 Å². The van der Waals surface area contributed by atoms with Crippen molar-refractivity contribution in [2.24, 2.45) is 0 Å². The minimum absolute atomic E-state index is 0.0697. The Hall–Kier alpha value is -2.59. The molecule has 0 bridgehead atoms. The van der Waals surface area contributed by atoms with Crippen molar-refractivity contribution in [3.63, 3.8) is 0 Å². The van der Waals surface area contributed by atoms with Crippen LogP contribution in [0.1, 0.15) is 5.69 Å². The van der Waals surface area contributed by atoms with Crippen LogP contribution >= 0.6 is 11.3 Å². The van der Waals surface area contributed by atoms with Gasteiger partial charge in [-0.1, -0.05) is 17.3 Å². The van der Waals surface area contributed by atoms with Crippen molar-refractivity contribution in [2.75, 3.05) is 0 Å². The fourth-order valence-electron chi connectivity index (χ4n) is 1.71. The molecule has 1 aromatic carbocycles. The largest absolute Gasteiger partial charge is 0.227 e. The van der Waals surface area contributed by atoms with Crippen LogP contribution in [0.4, 0.5) is 4.39 Å². The highest BCUT2D eigenvalue weighted by Crippen LogP contribution is 2.27. The molecule has 92 valence electrons. The van der Waals surface area contributed by atoms with Crippen molar-refractivity contribution in [2.45, 2.75) is 0 Å². The molecule has 0 radical (unpaired) electrons. The van der Waals surface area contributed by atoms with Gasteiger partial charge in [-0.25, -0.2) is 9.37 Å². The predicted molar refractivity (Wildman–Crippen MR) is 67.1 cm³/mol. The second-order valence-corrected chi connectivity index (χ2v) is 4.48. The summed E-state index contributed by atoms with van der Waals surface area (Å²) in [4.78, 5) is 4.10. The molecule has 0 saturated heterocycles. The van der Waals surface area contributed by atoms with E-state index in [1.807, 2.05) is 6.07 Å². The summed E-state index contributed by atoms with van der Waals surface area (Å²) in [6.07, 6.45) is 1.61. The van der Waals surface area contributed by atoms with Crippen LogP contribution in [0.25, 0.3) is 16.4 Å². The van der Waals surface area contributed by atoms with E-state index in [2.05, 4.69) is 15.3 Å². The first-order valence-corrected chi connectivity index (χ1v) is 6.20. The van der Waals surface area contributed by atoms with Gasteiger partial charge in [-0.2, -0.15) is 9.94 Å². The maximum absolute atomic E-state index is 13.9. The van der Waals surface area contributed by atoms with Crippen LogP contribution in [-0.2, 0) is 0 Å². The summed E-state index contributed by atoms with van der Waals surface area (Å²) in [6, 6.07) is 8.11. The molecule has 2 aromatic heterocycles. The molecule has 0 atom stereocenters. The number of benzene rings is 1. The summed E-state index contributed by atoms with van der Waals surface area (Å²) in [7, 11) is 0. The van der Waals surface area contributed by atoms with Gasteiger partial charge in [0, 0.05) is 17.1 Å². The summed E-state index contributed by atoms with van der Waals surface area (Å²) in [5.41, 5.74) is 0.662. The summed E-state index contributed by atoms with van der Waals surface area (Å²) in [5.74, 6) is -0.431. The molecular weight excluding hydrogens is 265 g/mol. The van der Waals surface area contributed by atoms with Crippen LogP contribution in [-0.4, -0.2) is 20.0 Å². The molecular formula is C12H6FN5S. The first-order chi connectivity index (χ1) is 9.31. The molecule has 0 spiro atoms. The van der Waals surface area contributed by atoms with E-state index in [0.717, 1.165) is 0 Å². The standard InChI is InChI=1S/C12H6FN5S/c13-9-4-2-1-3-8(9)11-10(7-14)16-17-18(11)12-15-5-6-19-12/h1-6H. The van der Waals surface area contributed by atoms with Crippen LogP contribution in [0.2, 0.25) is 0 Å². The lowest BCUT2D eigenvalue weighted by Gasteiger charge is -2.04. The Morgan fingerprint density at radius 3 is 2.84 bits per heavy atom. The number of aromatic nitrogens is 4.